The highest BCUT2D eigenvalue weighted by atomic mass is 16.5. The number of aromatic nitrogens is 1. The molecule has 2 rings (SSSR count). The van der Waals surface area contributed by atoms with Crippen LogP contribution in [0.1, 0.15) is 17.7 Å². The van der Waals surface area contributed by atoms with E-state index in [-0.39, 0.29) is 0 Å². The molecule has 0 saturated heterocycles. The third kappa shape index (κ3) is 1.48. The molecule has 1 aromatic rings. The number of ether oxygens (including phenoxy) is 1. The second kappa shape index (κ2) is 3.54. The molecule has 0 bridgehead atoms. The largest absolute Gasteiger partial charge is 0.496 e. The number of methoxy groups -OCH3 is 1. The van der Waals surface area contributed by atoms with Crippen molar-refractivity contribution in [3.8, 4) is 5.75 Å². The van der Waals surface area contributed by atoms with Crippen LogP contribution < -0.4 is 10.5 Å². The smallest absolute Gasteiger partial charge is 0.131 e. The number of pyridine rings is 1. The molecule has 0 aromatic carbocycles. The van der Waals surface area contributed by atoms with Gasteiger partial charge in [-0.3, -0.25) is 0 Å². The highest BCUT2D eigenvalue weighted by Gasteiger charge is 2.08. The van der Waals surface area contributed by atoms with Gasteiger partial charge in [0.15, 0.2) is 0 Å². The summed E-state index contributed by atoms with van der Waals surface area (Å²) in [6.45, 7) is 0. The summed E-state index contributed by atoms with van der Waals surface area (Å²) in [4.78, 5) is 4.24. The Hall–Kier alpha value is -1.77. The van der Waals surface area contributed by atoms with Crippen molar-refractivity contribution in [2.45, 2.75) is 6.42 Å². The Morgan fingerprint density at radius 3 is 2.93 bits per heavy atom. The molecule has 0 saturated carbocycles. The van der Waals surface area contributed by atoms with Crippen LogP contribution in [0.4, 0.5) is 5.82 Å². The number of anilines is 1. The molecule has 0 radical (unpaired) electrons. The van der Waals surface area contributed by atoms with E-state index in [0.29, 0.717) is 5.82 Å². The predicted octanol–water partition coefficient (Wildman–Crippen LogP) is 2.10. The number of hydrogen-bond acceptors (Lipinski definition) is 3. The maximum absolute atomic E-state index is 5.66. The molecule has 0 spiro atoms. The molecule has 2 N–H and O–H groups in total. The average Bonchev–Trinajstić information content (AvgIpc) is 2.41. The summed E-state index contributed by atoms with van der Waals surface area (Å²) in [6, 6.07) is 1.74. The van der Waals surface area contributed by atoms with Crippen LogP contribution in [0.25, 0.3) is 12.2 Å². The Kier molecular flexibility index (Phi) is 2.23. The first-order valence-electron chi connectivity index (χ1n) is 4.49. The Labute approximate surface area is 82.9 Å². The van der Waals surface area contributed by atoms with Gasteiger partial charge in [-0.15, -0.1) is 0 Å². The quantitative estimate of drug-likeness (QED) is 0.734. The molecule has 1 heterocycles. The van der Waals surface area contributed by atoms with Crippen molar-refractivity contribution >= 4 is 18.0 Å². The van der Waals surface area contributed by atoms with Crippen LogP contribution in [-0.2, 0) is 0 Å². The fraction of sp³-hybridized carbons (Fsp3) is 0.182. The van der Waals surface area contributed by atoms with E-state index in [0.717, 1.165) is 23.4 Å². The first-order chi connectivity index (χ1) is 6.81. The summed E-state index contributed by atoms with van der Waals surface area (Å²) in [5.41, 5.74) is 7.53. The average molecular weight is 188 g/mol. The normalized spacial score (nSPS) is 13.5. The number of nitrogens with zero attached hydrogens (tertiary/aromatic N) is 1. The van der Waals surface area contributed by atoms with Crippen LogP contribution in [0, 0.1) is 0 Å². The maximum Gasteiger partial charge on any atom is 0.131 e. The van der Waals surface area contributed by atoms with Gasteiger partial charge in [-0.1, -0.05) is 18.2 Å². The van der Waals surface area contributed by atoms with Crippen LogP contribution in [-0.4, -0.2) is 12.1 Å². The Morgan fingerprint density at radius 2 is 2.14 bits per heavy atom. The number of hydrogen-bond donors (Lipinski definition) is 1. The molecule has 0 fully saturated rings. The van der Waals surface area contributed by atoms with Gasteiger partial charge in [0.1, 0.15) is 11.6 Å². The van der Waals surface area contributed by atoms with Crippen molar-refractivity contribution in [3.05, 3.63) is 29.5 Å². The molecule has 0 amide bonds. The second-order valence-electron chi connectivity index (χ2n) is 3.09. The van der Waals surface area contributed by atoms with Gasteiger partial charge in [-0.25, -0.2) is 4.98 Å². The zero-order chi connectivity index (χ0) is 9.97. The fourth-order valence-electron chi connectivity index (χ4n) is 1.48. The van der Waals surface area contributed by atoms with E-state index in [9.17, 15) is 0 Å². The summed E-state index contributed by atoms with van der Waals surface area (Å²) < 4.78 is 5.24. The minimum absolute atomic E-state index is 0.487. The van der Waals surface area contributed by atoms with Gasteiger partial charge in [0.25, 0.3) is 0 Å². The first kappa shape index (κ1) is 8.81. The molecule has 1 aliphatic rings. The van der Waals surface area contributed by atoms with Crippen LogP contribution in [0.15, 0.2) is 18.2 Å². The summed E-state index contributed by atoms with van der Waals surface area (Å²) in [7, 11) is 1.64. The van der Waals surface area contributed by atoms with E-state index < -0.39 is 0 Å². The Morgan fingerprint density at radius 1 is 1.36 bits per heavy atom. The van der Waals surface area contributed by atoms with Gasteiger partial charge in [0, 0.05) is 11.6 Å². The summed E-state index contributed by atoms with van der Waals surface area (Å²) in [6.07, 6.45) is 9.02. The predicted molar refractivity (Wildman–Crippen MR) is 57.9 cm³/mol. The van der Waals surface area contributed by atoms with Crippen LogP contribution in [0.3, 0.4) is 0 Å². The van der Waals surface area contributed by atoms with Gasteiger partial charge < -0.3 is 10.5 Å². The van der Waals surface area contributed by atoms with Gasteiger partial charge >= 0.3 is 0 Å². The molecular weight excluding hydrogens is 176 g/mol. The summed E-state index contributed by atoms with van der Waals surface area (Å²) in [5, 5.41) is 0. The molecule has 3 nitrogen and oxygen atoms in total. The van der Waals surface area contributed by atoms with Crippen LogP contribution >= 0.6 is 0 Å². The SMILES string of the molecule is COc1cc(N)nc2c1C=CCC=C2. The Bertz CT molecular complexity index is 408. The van der Waals surface area contributed by atoms with Gasteiger partial charge in [-0.05, 0) is 12.5 Å². The minimum Gasteiger partial charge on any atom is -0.496 e. The molecule has 72 valence electrons. The lowest BCUT2D eigenvalue weighted by atomic mass is 10.1. The highest BCUT2D eigenvalue weighted by Crippen LogP contribution is 2.27. The highest BCUT2D eigenvalue weighted by molar-refractivity contribution is 5.71. The van der Waals surface area contributed by atoms with Crippen molar-refractivity contribution in [2.75, 3.05) is 12.8 Å². The molecular formula is C11H12N2O. The number of nitrogens with two attached hydrogens (primary N) is 1. The first-order valence-corrected chi connectivity index (χ1v) is 4.49. The molecule has 1 aliphatic carbocycles. The number of allylic oxidation sites excluding steroid dienone is 2. The zero-order valence-electron chi connectivity index (χ0n) is 8.03. The third-order valence-electron chi connectivity index (χ3n) is 2.12. The number of fused-ring (bicyclic) bond motifs is 1. The standard InChI is InChI=1S/C11H12N2O/c1-14-10-7-11(12)13-9-6-4-2-3-5-8(9)10/h3-7H,2H2,1H3,(H2,12,13). The van der Waals surface area contributed by atoms with Crippen molar-refractivity contribution in [1.82, 2.24) is 4.98 Å². The van der Waals surface area contributed by atoms with E-state index >= 15 is 0 Å². The van der Waals surface area contributed by atoms with E-state index in [1.165, 1.54) is 0 Å². The fourth-order valence-corrected chi connectivity index (χ4v) is 1.48. The van der Waals surface area contributed by atoms with E-state index in [1.807, 2.05) is 18.2 Å². The molecule has 0 unspecified atom stereocenters. The van der Waals surface area contributed by atoms with Crippen LogP contribution in [0.2, 0.25) is 0 Å². The van der Waals surface area contributed by atoms with Crippen LogP contribution in [0.5, 0.6) is 5.75 Å². The molecule has 3 heteroatoms. The Balaban J connectivity index is 2.64. The molecule has 1 aromatic heterocycles. The van der Waals surface area contributed by atoms with Gasteiger partial charge in [-0.2, -0.15) is 0 Å². The van der Waals surface area contributed by atoms with E-state index in [1.54, 1.807) is 13.2 Å². The van der Waals surface area contributed by atoms with Gasteiger partial charge in [0.2, 0.25) is 0 Å². The topological polar surface area (TPSA) is 48.1 Å². The number of rotatable bonds is 1. The second-order valence-corrected chi connectivity index (χ2v) is 3.09. The van der Waals surface area contributed by atoms with Gasteiger partial charge in [0.05, 0.1) is 12.8 Å². The van der Waals surface area contributed by atoms with Crippen molar-refractivity contribution in [1.29, 1.82) is 0 Å². The summed E-state index contributed by atoms with van der Waals surface area (Å²) >= 11 is 0. The van der Waals surface area contributed by atoms with Crippen molar-refractivity contribution in [2.24, 2.45) is 0 Å². The van der Waals surface area contributed by atoms with Crippen molar-refractivity contribution < 1.29 is 4.74 Å². The lowest BCUT2D eigenvalue weighted by Crippen LogP contribution is -1.98. The summed E-state index contributed by atoms with van der Waals surface area (Å²) in [5.74, 6) is 1.26. The molecule has 0 atom stereocenters. The zero-order valence-corrected chi connectivity index (χ0v) is 8.03. The monoisotopic (exact) mass is 188 g/mol. The molecule has 0 aliphatic heterocycles. The maximum atomic E-state index is 5.66. The van der Waals surface area contributed by atoms with E-state index in [4.69, 9.17) is 10.5 Å². The minimum atomic E-state index is 0.487. The van der Waals surface area contributed by atoms with E-state index in [2.05, 4.69) is 11.1 Å². The lowest BCUT2D eigenvalue weighted by molar-refractivity contribution is 0.413. The third-order valence-corrected chi connectivity index (χ3v) is 2.12. The molecule has 14 heavy (non-hydrogen) atoms. The number of nitrogen functional groups attached to an aromatic ring is 1. The van der Waals surface area contributed by atoms with Crippen molar-refractivity contribution in [3.63, 3.8) is 0 Å². The lowest BCUT2D eigenvalue weighted by Gasteiger charge is -2.08.